The summed E-state index contributed by atoms with van der Waals surface area (Å²) in [5.41, 5.74) is 0.198. The van der Waals surface area contributed by atoms with Crippen LogP contribution in [-0.2, 0) is 4.79 Å². The van der Waals surface area contributed by atoms with E-state index >= 15 is 0 Å². The first kappa shape index (κ1) is 19.5. The predicted octanol–water partition coefficient (Wildman–Crippen LogP) is 3.89. The van der Waals surface area contributed by atoms with E-state index in [-0.39, 0.29) is 22.7 Å². The van der Waals surface area contributed by atoms with Crippen molar-refractivity contribution in [2.75, 3.05) is 5.32 Å². The van der Waals surface area contributed by atoms with E-state index in [1.807, 2.05) is 6.07 Å². The van der Waals surface area contributed by atoms with Crippen LogP contribution in [0.4, 0.5) is 10.2 Å². The van der Waals surface area contributed by atoms with Crippen LogP contribution in [0.15, 0.2) is 64.7 Å². The first-order valence-corrected chi connectivity index (χ1v) is 8.39. The van der Waals surface area contributed by atoms with Gasteiger partial charge in [-0.2, -0.15) is 5.26 Å². The van der Waals surface area contributed by atoms with E-state index < -0.39 is 17.7 Å². The summed E-state index contributed by atoms with van der Waals surface area (Å²) in [7, 11) is 0. The average molecular weight is 391 g/mol. The Kier molecular flexibility index (Phi) is 5.80. The lowest BCUT2D eigenvalue weighted by molar-refractivity contribution is -0.112. The van der Waals surface area contributed by atoms with Crippen LogP contribution in [0.5, 0.6) is 5.75 Å². The molecule has 0 saturated carbocycles. The number of aryl methyl sites for hydroxylation is 1. The Balaban J connectivity index is 1.70. The topological polar surface area (TPSA) is 105 Å². The second-order valence-electron chi connectivity index (χ2n) is 5.89. The van der Waals surface area contributed by atoms with E-state index in [1.165, 1.54) is 48.5 Å². The SMILES string of the molecule is Cc1cc(NC(=O)/C(C#N)=C\c2ccc(OC(=O)c3ccccc3F)cc2)no1. The molecule has 3 aromatic rings. The first-order chi connectivity index (χ1) is 14.0. The van der Waals surface area contributed by atoms with Crippen LogP contribution in [0.3, 0.4) is 0 Å². The Morgan fingerprint density at radius 2 is 1.93 bits per heavy atom. The van der Waals surface area contributed by atoms with E-state index in [4.69, 9.17) is 9.26 Å². The zero-order valence-corrected chi connectivity index (χ0v) is 15.2. The molecule has 8 heteroatoms. The lowest BCUT2D eigenvalue weighted by Crippen LogP contribution is -2.13. The van der Waals surface area contributed by atoms with Gasteiger partial charge in [0.25, 0.3) is 5.91 Å². The quantitative estimate of drug-likeness (QED) is 0.306. The monoisotopic (exact) mass is 391 g/mol. The van der Waals surface area contributed by atoms with Crippen molar-refractivity contribution in [3.63, 3.8) is 0 Å². The largest absolute Gasteiger partial charge is 0.423 e. The Labute approximate surface area is 165 Å². The van der Waals surface area contributed by atoms with E-state index in [9.17, 15) is 19.2 Å². The van der Waals surface area contributed by atoms with Crippen molar-refractivity contribution >= 4 is 23.8 Å². The van der Waals surface area contributed by atoms with Gasteiger partial charge in [0.2, 0.25) is 0 Å². The normalized spacial score (nSPS) is 10.9. The third-order valence-electron chi connectivity index (χ3n) is 3.73. The number of anilines is 1. The highest BCUT2D eigenvalue weighted by Crippen LogP contribution is 2.18. The molecule has 1 heterocycles. The minimum absolute atomic E-state index is 0.151. The van der Waals surface area contributed by atoms with Crippen molar-refractivity contribution in [1.29, 1.82) is 5.26 Å². The van der Waals surface area contributed by atoms with Gasteiger partial charge in [0, 0.05) is 6.07 Å². The fourth-order valence-electron chi connectivity index (χ4n) is 2.35. The molecule has 29 heavy (non-hydrogen) atoms. The Bertz CT molecular complexity index is 1130. The zero-order valence-electron chi connectivity index (χ0n) is 15.2. The van der Waals surface area contributed by atoms with Gasteiger partial charge in [-0.05, 0) is 42.8 Å². The number of nitrogens with one attached hydrogen (secondary N) is 1. The molecule has 1 N–H and O–H groups in total. The maximum atomic E-state index is 13.6. The fraction of sp³-hybridized carbons (Fsp3) is 0.0476. The molecule has 0 aliphatic rings. The third kappa shape index (κ3) is 4.93. The summed E-state index contributed by atoms with van der Waals surface area (Å²) < 4.78 is 23.6. The summed E-state index contributed by atoms with van der Waals surface area (Å²) in [4.78, 5) is 24.2. The lowest BCUT2D eigenvalue weighted by atomic mass is 10.1. The number of carbonyl (C=O) groups is 2. The molecule has 7 nitrogen and oxygen atoms in total. The highest BCUT2D eigenvalue weighted by Gasteiger charge is 2.14. The number of amides is 1. The number of carbonyl (C=O) groups excluding carboxylic acids is 2. The van der Waals surface area contributed by atoms with Crippen molar-refractivity contribution in [3.05, 3.63) is 82.9 Å². The van der Waals surface area contributed by atoms with Crippen molar-refractivity contribution in [1.82, 2.24) is 5.16 Å². The van der Waals surface area contributed by atoms with E-state index in [2.05, 4.69) is 10.5 Å². The van der Waals surface area contributed by atoms with E-state index in [1.54, 1.807) is 19.1 Å². The summed E-state index contributed by atoms with van der Waals surface area (Å²) >= 11 is 0. The predicted molar refractivity (Wildman–Crippen MR) is 101 cm³/mol. The Hall–Kier alpha value is -4.25. The van der Waals surface area contributed by atoms with Gasteiger partial charge in [-0.15, -0.1) is 0 Å². The van der Waals surface area contributed by atoms with Crippen LogP contribution >= 0.6 is 0 Å². The molecule has 0 fully saturated rings. The number of hydrogen-bond donors (Lipinski definition) is 1. The highest BCUT2D eigenvalue weighted by atomic mass is 19.1. The number of nitrogens with zero attached hydrogens (tertiary/aromatic N) is 2. The summed E-state index contributed by atoms with van der Waals surface area (Å²) in [5, 5.41) is 15.3. The minimum Gasteiger partial charge on any atom is -0.423 e. The van der Waals surface area contributed by atoms with Gasteiger partial charge in [0.05, 0.1) is 5.56 Å². The van der Waals surface area contributed by atoms with Crippen molar-refractivity contribution in [2.45, 2.75) is 6.92 Å². The van der Waals surface area contributed by atoms with Crippen LogP contribution in [0, 0.1) is 24.1 Å². The molecule has 0 bridgehead atoms. The Morgan fingerprint density at radius 3 is 2.55 bits per heavy atom. The number of nitriles is 1. The van der Waals surface area contributed by atoms with Crippen molar-refractivity contribution in [2.24, 2.45) is 0 Å². The van der Waals surface area contributed by atoms with Gasteiger partial charge in [-0.25, -0.2) is 9.18 Å². The molecule has 3 rings (SSSR count). The summed E-state index contributed by atoms with van der Waals surface area (Å²) in [6.07, 6.45) is 1.37. The van der Waals surface area contributed by atoms with Crippen LogP contribution in [0.1, 0.15) is 21.7 Å². The zero-order chi connectivity index (χ0) is 20.8. The molecule has 0 saturated heterocycles. The molecule has 1 amide bonds. The number of ether oxygens (including phenoxy) is 1. The van der Waals surface area contributed by atoms with Gasteiger partial charge in [-0.1, -0.05) is 29.4 Å². The molecule has 0 aliphatic heterocycles. The first-order valence-electron chi connectivity index (χ1n) is 8.39. The molecule has 0 unspecified atom stereocenters. The standard InChI is InChI=1S/C21H14FN3O4/c1-13-10-19(25-29-13)24-20(26)15(12-23)11-14-6-8-16(9-7-14)28-21(27)17-4-2-3-5-18(17)22/h2-11H,1H3,(H,24,25,26)/b15-11-. The molecule has 2 aromatic carbocycles. The molecule has 0 spiro atoms. The molecule has 0 atom stereocenters. The van der Waals surface area contributed by atoms with E-state index in [0.29, 0.717) is 11.3 Å². The van der Waals surface area contributed by atoms with Gasteiger partial charge >= 0.3 is 5.97 Å². The van der Waals surface area contributed by atoms with Crippen LogP contribution < -0.4 is 10.1 Å². The van der Waals surface area contributed by atoms with Gasteiger partial charge < -0.3 is 14.6 Å². The number of benzene rings is 2. The summed E-state index contributed by atoms with van der Waals surface area (Å²) in [6.45, 7) is 1.67. The maximum Gasteiger partial charge on any atom is 0.346 e. The number of halogens is 1. The van der Waals surface area contributed by atoms with E-state index in [0.717, 1.165) is 0 Å². The smallest absolute Gasteiger partial charge is 0.346 e. The van der Waals surface area contributed by atoms with Crippen molar-refractivity contribution in [3.8, 4) is 11.8 Å². The van der Waals surface area contributed by atoms with Crippen LogP contribution in [0.2, 0.25) is 0 Å². The highest BCUT2D eigenvalue weighted by molar-refractivity contribution is 6.09. The maximum absolute atomic E-state index is 13.6. The van der Waals surface area contributed by atoms with Crippen LogP contribution in [0.25, 0.3) is 6.08 Å². The van der Waals surface area contributed by atoms with Gasteiger partial charge in [0.1, 0.15) is 29.0 Å². The lowest BCUT2D eigenvalue weighted by Gasteiger charge is -2.05. The fourth-order valence-corrected chi connectivity index (χ4v) is 2.35. The van der Waals surface area contributed by atoms with Gasteiger partial charge in [-0.3, -0.25) is 4.79 Å². The average Bonchev–Trinajstić information content (AvgIpc) is 3.12. The Morgan fingerprint density at radius 1 is 1.21 bits per heavy atom. The molecule has 0 radical (unpaired) electrons. The summed E-state index contributed by atoms with van der Waals surface area (Å²) in [6, 6.07) is 14.9. The molecule has 144 valence electrons. The second kappa shape index (κ2) is 8.63. The molecule has 1 aromatic heterocycles. The molecule has 0 aliphatic carbocycles. The van der Waals surface area contributed by atoms with Crippen LogP contribution in [-0.4, -0.2) is 17.0 Å². The molecular weight excluding hydrogens is 377 g/mol. The number of rotatable bonds is 5. The van der Waals surface area contributed by atoms with Gasteiger partial charge in [0.15, 0.2) is 5.82 Å². The number of esters is 1. The second-order valence-corrected chi connectivity index (χ2v) is 5.89. The number of hydrogen-bond acceptors (Lipinski definition) is 6. The molecular formula is C21H14FN3O4. The number of aromatic nitrogens is 1. The summed E-state index contributed by atoms with van der Waals surface area (Å²) in [5.74, 6) is -1.24. The third-order valence-corrected chi connectivity index (χ3v) is 3.73. The van der Waals surface area contributed by atoms with Crippen molar-refractivity contribution < 1.29 is 23.2 Å². The minimum atomic E-state index is -0.827.